The van der Waals surface area contributed by atoms with Crippen molar-refractivity contribution in [2.24, 2.45) is 5.41 Å². The molecular formula is C17H26O. The summed E-state index contributed by atoms with van der Waals surface area (Å²) >= 11 is 0. The first-order chi connectivity index (χ1) is 8.96. The van der Waals surface area contributed by atoms with Crippen molar-refractivity contribution in [2.45, 2.75) is 58.5 Å². The SMILES string of the molecule is [2H][C@H]1O[C@@]1(C)C(C)(C)CCCCCc1ccccc1. The van der Waals surface area contributed by atoms with Crippen molar-refractivity contribution in [2.75, 3.05) is 6.58 Å². The fourth-order valence-corrected chi connectivity index (χ4v) is 2.37. The van der Waals surface area contributed by atoms with E-state index >= 15 is 0 Å². The van der Waals surface area contributed by atoms with Gasteiger partial charge in [0.25, 0.3) is 0 Å². The molecule has 18 heavy (non-hydrogen) atoms. The molecule has 1 saturated heterocycles. The van der Waals surface area contributed by atoms with Gasteiger partial charge in [-0.25, -0.2) is 0 Å². The van der Waals surface area contributed by atoms with E-state index in [-0.39, 0.29) is 17.6 Å². The van der Waals surface area contributed by atoms with Gasteiger partial charge in [0.2, 0.25) is 0 Å². The van der Waals surface area contributed by atoms with Crippen LogP contribution in [0.15, 0.2) is 30.3 Å². The summed E-state index contributed by atoms with van der Waals surface area (Å²) in [5.41, 5.74) is 1.34. The standard InChI is InChI=1S/C17H26O/c1-16(2,17(3)14-18-17)13-9-5-8-12-15-10-6-4-7-11-15/h4,6-7,10-11H,5,8-9,12-14H2,1-3H3/t17-/m1/s1/i14D/t14-,17-. The van der Waals surface area contributed by atoms with Gasteiger partial charge in [0.15, 0.2) is 0 Å². The van der Waals surface area contributed by atoms with Gasteiger partial charge in [0.05, 0.1) is 13.6 Å². The smallest absolute Gasteiger partial charge is 0.0939 e. The minimum Gasteiger partial charge on any atom is -0.369 e. The average Bonchev–Trinajstić information content (AvgIpc) is 3.00. The van der Waals surface area contributed by atoms with E-state index in [1.165, 1.54) is 31.2 Å². The molecule has 0 aliphatic carbocycles. The maximum atomic E-state index is 7.71. The van der Waals surface area contributed by atoms with E-state index in [2.05, 4.69) is 51.1 Å². The van der Waals surface area contributed by atoms with Gasteiger partial charge in [0.1, 0.15) is 0 Å². The van der Waals surface area contributed by atoms with E-state index in [4.69, 9.17) is 6.11 Å². The number of epoxide rings is 1. The van der Waals surface area contributed by atoms with E-state index < -0.39 is 0 Å². The molecule has 0 radical (unpaired) electrons. The lowest BCUT2D eigenvalue weighted by molar-refractivity contribution is 0.139. The third-order valence-electron chi connectivity index (χ3n) is 4.43. The summed E-state index contributed by atoms with van der Waals surface area (Å²) in [7, 11) is 0. The van der Waals surface area contributed by atoms with Crippen LogP contribution in [0.1, 0.15) is 53.4 Å². The summed E-state index contributed by atoms with van der Waals surface area (Å²) in [6.45, 7) is 6.23. The molecule has 0 saturated carbocycles. The van der Waals surface area contributed by atoms with Gasteiger partial charge >= 0.3 is 0 Å². The van der Waals surface area contributed by atoms with Crippen LogP contribution in [0.25, 0.3) is 0 Å². The second-order valence-electron chi connectivity index (χ2n) is 6.27. The highest BCUT2D eigenvalue weighted by molar-refractivity contribution is 5.14. The average molecular weight is 247 g/mol. The Labute approximate surface area is 113 Å². The van der Waals surface area contributed by atoms with Gasteiger partial charge in [-0.2, -0.15) is 0 Å². The van der Waals surface area contributed by atoms with Crippen LogP contribution < -0.4 is 0 Å². The Balaban J connectivity index is 1.65. The number of unbranched alkanes of at least 4 members (excludes halogenated alkanes) is 2. The first-order valence-electron chi connectivity index (χ1n) is 7.67. The lowest BCUT2D eigenvalue weighted by atomic mass is 9.76. The molecule has 1 nitrogen and oxygen atoms in total. The molecule has 100 valence electrons. The molecule has 1 heteroatoms. The normalized spacial score (nSPS) is 27.9. The molecule has 0 aromatic heterocycles. The summed E-state index contributed by atoms with van der Waals surface area (Å²) in [5.74, 6) is 0. The maximum absolute atomic E-state index is 7.71. The quantitative estimate of drug-likeness (QED) is 0.506. The summed E-state index contributed by atoms with van der Waals surface area (Å²) in [5, 5.41) is 0. The topological polar surface area (TPSA) is 12.5 Å². The van der Waals surface area contributed by atoms with Crippen molar-refractivity contribution < 1.29 is 6.11 Å². The van der Waals surface area contributed by atoms with Gasteiger partial charge < -0.3 is 4.74 Å². The van der Waals surface area contributed by atoms with Gasteiger partial charge in [-0.3, -0.25) is 0 Å². The van der Waals surface area contributed by atoms with E-state index in [1.54, 1.807) is 0 Å². The lowest BCUT2D eigenvalue weighted by Gasteiger charge is -2.29. The molecule has 1 aromatic rings. The molecule has 2 rings (SSSR count). The van der Waals surface area contributed by atoms with Gasteiger partial charge in [-0.15, -0.1) is 0 Å². The molecule has 0 amide bonds. The van der Waals surface area contributed by atoms with Gasteiger partial charge in [0, 0.05) is 0 Å². The van der Waals surface area contributed by atoms with Crippen LogP contribution in [0, 0.1) is 5.41 Å². The molecule has 2 atom stereocenters. The molecule has 1 heterocycles. The number of hydrogen-bond acceptors (Lipinski definition) is 1. The Kier molecular flexibility index (Phi) is 3.69. The number of benzene rings is 1. The van der Waals surface area contributed by atoms with E-state index in [9.17, 15) is 0 Å². The van der Waals surface area contributed by atoms with Crippen LogP contribution in [-0.4, -0.2) is 12.2 Å². The van der Waals surface area contributed by atoms with Gasteiger partial charge in [-0.1, -0.05) is 57.0 Å². The van der Waals surface area contributed by atoms with Crippen LogP contribution in [0.2, 0.25) is 0 Å². The van der Waals surface area contributed by atoms with Crippen LogP contribution in [0.5, 0.6) is 0 Å². The number of rotatable bonds is 7. The molecule has 0 unspecified atom stereocenters. The minimum absolute atomic E-state index is 0.117. The molecule has 0 bridgehead atoms. The maximum Gasteiger partial charge on any atom is 0.0939 e. The van der Waals surface area contributed by atoms with Crippen LogP contribution >= 0.6 is 0 Å². The monoisotopic (exact) mass is 247 g/mol. The zero-order valence-electron chi connectivity index (χ0n) is 12.9. The van der Waals surface area contributed by atoms with E-state index in [0.717, 1.165) is 6.42 Å². The zero-order chi connectivity index (χ0) is 13.9. The van der Waals surface area contributed by atoms with Crippen molar-refractivity contribution in [3.63, 3.8) is 0 Å². The van der Waals surface area contributed by atoms with Crippen molar-refractivity contribution in [1.82, 2.24) is 0 Å². The third-order valence-corrected chi connectivity index (χ3v) is 4.43. The van der Waals surface area contributed by atoms with Crippen LogP contribution in [0.3, 0.4) is 0 Å². The largest absolute Gasteiger partial charge is 0.369 e. The second-order valence-corrected chi connectivity index (χ2v) is 6.27. The molecule has 1 aliphatic rings. The van der Waals surface area contributed by atoms with Crippen molar-refractivity contribution in [3.05, 3.63) is 35.9 Å². The Morgan fingerprint density at radius 2 is 1.89 bits per heavy atom. The highest BCUT2D eigenvalue weighted by atomic mass is 16.6. The number of ether oxygens (including phenoxy) is 1. The van der Waals surface area contributed by atoms with Crippen molar-refractivity contribution in [3.8, 4) is 0 Å². The molecule has 0 N–H and O–H groups in total. The summed E-state index contributed by atoms with van der Waals surface area (Å²) < 4.78 is 13.2. The van der Waals surface area contributed by atoms with Crippen LogP contribution in [0.4, 0.5) is 0 Å². The van der Waals surface area contributed by atoms with Crippen LogP contribution in [-0.2, 0) is 11.2 Å². The molecule has 1 aromatic carbocycles. The predicted octanol–water partition coefficient (Wildman–Crippen LogP) is 4.60. The summed E-state index contributed by atoms with van der Waals surface area (Å²) in [6, 6.07) is 10.7. The summed E-state index contributed by atoms with van der Waals surface area (Å²) in [4.78, 5) is 0. The molecular weight excluding hydrogens is 220 g/mol. The van der Waals surface area contributed by atoms with Gasteiger partial charge in [-0.05, 0) is 37.2 Å². The number of hydrogen-bond donors (Lipinski definition) is 0. The summed E-state index contributed by atoms with van der Waals surface area (Å²) in [6.07, 6.45) is 6.06. The van der Waals surface area contributed by atoms with E-state index in [0.29, 0.717) is 0 Å². The van der Waals surface area contributed by atoms with Crippen molar-refractivity contribution in [1.29, 1.82) is 0 Å². The highest BCUT2D eigenvalue weighted by Crippen LogP contribution is 2.47. The molecule has 1 fully saturated rings. The first kappa shape index (κ1) is 12.2. The third kappa shape index (κ3) is 3.35. The minimum atomic E-state index is -0.313. The fraction of sp³-hybridized carbons (Fsp3) is 0.647. The Morgan fingerprint density at radius 3 is 2.50 bits per heavy atom. The molecule has 0 spiro atoms. The Morgan fingerprint density at radius 1 is 1.22 bits per heavy atom. The highest BCUT2D eigenvalue weighted by Gasteiger charge is 2.51. The van der Waals surface area contributed by atoms with Crippen molar-refractivity contribution >= 4 is 0 Å². The zero-order valence-corrected chi connectivity index (χ0v) is 11.9. The van der Waals surface area contributed by atoms with E-state index in [1.807, 2.05) is 0 Å². The number of aryl methyl sites for hydroxylation is 1. The Hall–Kier alpha value is -0.820. The Bertz CT molecular complexity index is 401. The fourth-order valence-electron chi connectivity index (χ4n) is 2.37. The predicted molar refractivity (Wildman–Crippen MR) is 76.8 cm³/mol. The second kappa shape index (κ2) is 5.44. The molecule has 1 aliphatic heterocycles. The first-order valence-corrected chi connectivity index (χ1v) is 7.10. The lowest BCUT2D eigenvalue weighted by Crippen LogP contribution is -2.29.